The Labute approximate surface area is 164 Å². The van der Waals surface area contributed by atoms with Crippen molar-refractivity contribution in [1.82, 2.24) is 20.0 Å². The van der Waals surface area contributed by atoms with Gasteiger partial charge in [0.25, 0.3) is 5.91 Å². The van der Waals surface area contributed by atoms with Gasteiger partial charge in [-0.2, -0.15) is 5.10 Å². The summed E-state index contributed by atoms with van der Waals surface area (Å²) in [5.74, 6) is 0.350. The van der Waals surface area contributed by atoms with E-state index in [1.54, 1.807) is 41.1 Å². The number of ether oxygens (including phenoxy) is 1. The summed E-state index contributed by atoms with van der Waals surface area (Å²) >= 11 is 0. The molecule has 3 rings (SSSR count). The number of hydrogen-bond acceptors (Lipinski definition) is 5. The Bertz CT molecular complexity index is 800. The lowest BCUT2D eigenvalue weighted by molar-refractivity contribution is -0.145. The molecule has 8 heteroatoms. The van der Waals surface area contributed by atoms with Crippen LogP contribution in [0.2, 0.25) is 0 Å². The van der Waals surface area contributed by atoms with Gasteiger partial charge in [-0.3, -0.25) is 14.3 Å². The third-order valence-electron chi connectivity index (χ3n) is 5.13. The summed E-state index contributed by atoms with van der Waals surface area (Å²) in [6, 6.07) is 8.97. The van der Waals surface area contributed by atoms with E-state index in [4.69, 9.17) is 4.74 Å². The molecule has 2 aromatic rings. The third-order valence-corrected chi connectivity index (χ3v) is 5.13. The Morgan fingerprint density at radius 3 is 2.75 bits per heavy atom. The average Bonchev–Trinajstić information content (AvgIpc) is 3.27. The maximum Gasteiger partial charge on any atom is 0.251 e. The lowest BCUT2D eigenvalue weighted by Crippen LogP contribution is -2.56. The number of benzene rings is 1. The van der Waals surface area contributed by atoms with E-state index in [0.29, 0.717) is 30.8 Å². The highest BCUT2D eigenvalue weighted by molar-refractivity contribution is 5.96. The maximum atomic E-state index is 13.5. The van der Waals surface area contributed by atoms with Gasteiger partial charge in [0.2, 0.25) is 5.91 Å². The van der Waals surface area contributed by atoms with Crippen LogP contribution in [0.3, 0.4) is 0 Å². The van der Waals surface area contributed by atoms with Gasteiger partial charge in [-0.15, -0.1) is 0 Å². The maximum absolute atomic E-state index is 13.5. The molecule has 0 unspecified atom stereocenters. The van der Waals surface area contributed by atoms with E-state index in [1.807, 2.05) is 25.3 Å². The largest absolute Gasteiger partial charge is 0.497 e. The Morgan fingerprint density at radius 1 is 1.32 bits per heavy atom. The second-order valence-corrected chi connectivity index (χ2v) is 6.83. The zero-order valence-electron chi connectivity index (χ0n) is 16.4. The van der Waals surface area contributed by atoms with Gasteiger partial charge in [0.05, 0.1) is 13.7 Å². The predicted octanol–water partition coefficient (Wildman–Crippen LogP) is 1.46. The molecule has 1 fully saturated rings. The van der Waals surface area contributed by atoms with E-state index in [1.165, 1.54) is 0 Å². The minimum absolute atomic E-state index is 0.0109. The minimum Gasteiger partial charge on any atom is -0.497 e. The molecule has 0 saturated carbocycles. The van der Waals surface area contributed by atoms with Crippen molar-refractivity contribution in [2.75, 3.05) is 38.6 Å². The molecular formula is C20H27N5O3. The Kier molecular flexibility index (Phi) is 6.30. The highest BCUT2D eigenvalue weighted by Crippen LogP contribution is 2.29. The van der Waals surface area contributed by atoms with Crippen molar-refractivity contribution in [3.05, 3.63) is 42.7 Å². The van der Waals surface area contributed by atoms with Crippen LogP contribution in [0.4, 0.5) is 5.69 Å². The number of anilines is 1. The number of nitrogens with zero attached hydrogens (tertiary/aromatic N) is 3. The van der Waals surface area contributed by atoms with Gasteiger partial charge in [0.15, 0.2) is 0 Å². The zero-order chi connectivity index (χ0) is 20.0. The van der Waals surface area contributed by atoms with Crippen molar-refractivity contribution < 1.29 is 14.3 Å². The standard InChI is InChI=1S/C20H27N5O3/c1-3-24(15-18(26)23-16-6-4-7-17(14-16)28-2)19(27)20(8-11-21-12-9-20)25-13-5-10-22-25/h4-7,10,13-14,21H,3,8-9,11-12,15H2,1-2H3,(H,23,26). The average molecular weight is 385 g/mol. The van der Waals surface area contributed by atoms with Crippen LogP contribution >= 0.6 is 0 Å². The molecule has 2 heterocycles. The van der Waals surface area contributed by atoms with Crippen molar-refractivity contribution >= 4 is 17.5 Å². The van der Waals surface area contributed by atoms with Gasteiger partial charge in [0, 0.05) is 30.7 Å². The van der Waals surface area contributed by atoms with Crippen LogP contribution in [0.15, 0.2) is 42.7 Å². The van der Waals surface area contributed by atoms with Crippen molar-refractivity contribution in [1.29, 1.82) is 0 Å². The van der Waals surface area contributed by atoms with Crippen LogP contribution in [-0.4, -0.2) is 59.8 Å². The molecule has 0 bridgehead atoms. The zero-order valence-corrected chi connectivity index (χ0v) is 16.4. The number of nitrogens with one attached hydrogen (secondary N) is 2. The van der Waals surface area contributed by atoms with Gasteiger partial charge >= 0.3 is 0 Å². The number of hydrogen-bond donors (Lipinski definition) is 2. The number of likely N-dealkylation sites (N-methyl/N-ethyl adjacent to an activating group) is 1. The Morgan fingerprint density at radius 2 is 2.11 bits per heavy atom. The summed E-state index contributed by atoms with van der Waals surface area (Å²) in [4.78, 5) is 27.7. The van der Waals surface area contributed by atoms with Gasteiger partial charge in [-0.1, -0.05) is 6.07 Å². The Balaban J connectivity index is 1.74. The fourth-order valence-electron chi connectivity index (χ4n) is 3.60. The van der Waals surface area contributed by atoms with Gasteiger partial charge in [0.1, 0.15) is 11.3 Å². The summed E-state index contributed by atoms with van der Waals surface area (Å²) in [7, 11) is 1.58. The molecule has 0 aliphatic carbocycles. The molecule has 150 valence electrons. The normalized spacial score (nSPS) is 15.6. The SMILES string of the molecule is CCN(CC(=O)Nc1cccc(OC)c1)C(=O)C1(n2cccn2)CCNCC1. The number of piperidine rings is 1. The first-order chi connectivity index (χ1) is 13.6. The number of methoxy groups -OCH3 is 1. The molecule has 0 atom stereocenters. The number of carbonyl (C=O) groups is 2. The van der Waals surface area contributed by atoms with Crippen molar-refractivity contribution in [3.8, 4) is 5.75 Å². The number of amides is 2. The summed E-state index contributed by atoms with van der Waals surface area (Å²) in [5.41, 5.74) is -0.113. The molecule has 8 nitrogen and oxygen atoms in total. The van der Waals surface area contributed by atoms with Crippen LogP contribution in [0, 0.1) is 0 Å². The van der Waals surface area contributed by atoms with Crippen molar-refractivity contribution in [2.24, 2.45) is 0 Å². The van der Waals surface area contributed by atoms with Crippen LogP contribution in [-0.2, 0) is 15.1 Å². The number of aromatic nitrogens is 2. The molecule has 2 N–H and O–H groups in total. The molecule has 1 aliphatic rings. The predicted molar refractivity (Wildman–Crippen MR) is 106 cm³/mol. The number of carbonyl (C=O) groups excluding carboxylic acids is 2. The first-order valence-corrected chi connectivity index (χ1v) is 9.53. The molecule has 0 radical (unpaired) electrons. The number of rotatable bonds is 7. The fraction of sp³-hybridized carbons (Fsp3) is 0.450. The quantitative estimate of drug-likeness (QED) is 0.753. The molecular weight excluding hydrogens is 358 g/mol. The fourth-order valence-corrected chi connectivity index (χ4v) is 3.60. The molecule has 1 aliphatic heterocycles. The molecule has 1 aromatic carbocycles. The lowest BCUT2D eigenvalue weighted by Gasteiger charge is -2.39. The lowest BCUT2D eigenvalue weighted by atomic mass is 9.86. The smallest absolute Gasteiger partial charge is 0.251 e. The summed E-state index contributed by atoms with van der Waals surface area (Å²) in [6.45, 7) is 3.79. The molecule has 0 spiro atoms. The van der Waals surface area contributed by atoms with Crippen LogP contribution < -0.4 is 15.4 Å². The monoisotopic (exact) mass is 385 g/mol. The van der Waals surface area contributed by atoms with Crippen molar-refractivity contribution in [3.63, 3.8) is 0 Å². The van der Waals surface area contributed by atoms with E-state index in [9.17, 15) is 9.59 Å². The van der Waals surface area contributed by atoms with E-state index < -0.39 is 5.54 Å². The highest BCUT2D eigenvalue weighted by atomic mass is 16.5. The van der Waals surface area contributed by atoms with Gasteiger partial charge < -0.3 is 20.3 Å². The van der Waals surface area contributed by atoms with E-state index >= 15 is 0 Å². The van der Waals surface area contributed by atoms with E-state index in [2.05, 4.69) is 15.7 Å². The van der Waals surface area contributed by atoms with E-state index in [-0.39, 0.29) is 18.4 Å². The van der Waals surface area contributed by atoms with Gasteiger partial charge in [-0.05, 0) is 51.1 Å². The summed E-state index contributed by atoms with van der Waals surface area (Å²) in [5, 5.41) is 10.5. The molecule has 1 aromatic heterocycles. The highest BCUT2D eigenvalue weighted by Gasteiger charge is 2.44. The first kappa shape index (κ1) is 19.9. The summed E-state index contributed by atoms with van der Waals surface area (Å²) in [6.07, 6.45) is 4.79. The minimum atomic E-state index is -0.749. The molecule has 2 amide bonds. The summed E-state index contributed by atoms with van der Waals surface area (Å²) < 4.78 is 6.93. The first-order valence-electron chi connectivity index (χ1n) is 9.53. The second-order valence-electron chi connectivity index (χ2n) is 6.83. The second kappa shape index (κ2) is 8.88. The van der Waals surface area contributed by atoms with Crippen LogP contribution in [0.1, 0.15) is 19.8 Å². The van der Waals surface area contributed by atoms with Crippen molar-refractivity contribution in [2.45, 2.75) is 25.3 Å². The Hall–Kier alpha value is -2.87. The third kappa shape index (κ3) is 4.17. The molecule has 28 heavy (non-hydrogen) atoms. The van der Waals surface area contributed by atoms with Crippen LogP contribution in [0.25, 0.3) is 0 Å². The molecule has 1 saturated heterocycles. The van der Waals surface area contributed by atoms with Gasteiger partial charge in [-0.25, -0.2) is 0 Å². The van der Waals surface area contributed by atoms with Crippen LogP contribution in [0.5, 0.6) is 5.75 Å². The van der Waals surface area contributed by atoms with E-state index in [0.717, 1.165) is 13.1 Å². The topological polar surface area (TPSA) is 88.5 Å².